The molecule has 7 heteroatoms. The zero-order chi connectivity index (χ0) is 21.5. The summed E-state index contributed by atoms with van der Waals surface area (Å²) in [5, 5.41) is 14.1. The number of carbonyl (C=O) groups excluding carboxylic acids is 1. The number of allylic oxidation sites excluding steroid dienone is 3. The molecule has 0 aromatic heterocycles. The fourth-order valence-electron chi connectivity index (χ4n) is 4.78. The van der Waals surface area contributed by atoms with Gasteiger partial charge in [-0.3, -0.25) is 9.80 Å². The lowest BCUT2D eigenvalue weighted by Crippen LogP contribution is -2.53. The zero-order valence-corrected chi connectivity index (χ0v) is 17.8. The van der Waals surface area contributed by atoms with E-state index in [1.165, 1.54) is 0 Å². The predicted molar refractivity (Wildman–Crippen MR) is 112 cm³/mol. The molecular formula is C23H28N4O3. The van der Waals surface area contributed by atoms with Crippen molar-refractivity contribution in [2.24, 2.45) is 11.1 Å². The lowest BCUT2D eigenvalue weighted by Gasteiger charge is -2.48. The summed E-state index contributed by atoms with van der Waals surface area (Å²) in [5.41, 5.74) is 9.19. The second-order valence-electron chi connectivity index (χ2n) is 8.76. The minimum absolute atomic E-state index is 0.0654. The van der Waals surface area contributed by atoms with Crippen molar-refractivity contribution < 1.29 is 14.3 Å². The molecule has 0 bridgehead atoms. The number of ether oxygens (including phenoxy) is 2. The van der Waals surface area contributed by atoms with Crippen molar-refractivity contribution >= 4 is 5.78 Å². The largest absolute Gasteiger partial charge is 0.496 e. The lowest BCUT2D eigenvalue weighted by molar-refractivity contribution is -0.119. The molecule has 0 radical (unpaired) electrons. The molecule has 1 atom stereocenters. The van der Waals surface area contributed by atoms with Gasteiger partial charge in [-0.05, 0) is 17.9 Å². The molecule has 1 aliphatic carbocycles. The van der Waals surface area contributed by atoms with Gasteiger partial charge < -0.3 is 15.2 Å². The van der Waals surface area contributed by atoms with Crippen molar-refractivity contribution in [3.05, 3.63) is 52.5 Å². The van der Waals surface area contributed by atoms with Crippen LogP contribution in [-0.4, -0.2) is 49.2 Å². The van der Waals surface area contributed by atoms with Gasteiger partial charge in [-0.2, -0.15) is 5.26 Å². The van der Waals surface area contributed by atoms with Crippen LogP contribution in [0, 0.1) is 16.7 Å². The number of nitrogens with zero attached hydrogens (tertiary/aromatic N) is 3. The summed E-state index contributed by atoms with van der Waals surface area (Å²) in [6.45, 7) is 6.69. The van der Waals surface area contributed by atoms with E-state index in [2.05, 4.69) is 24.9 Å². The van der Waals surface area contributed by atoms with E-state index in [4.69, 9.17) is 15.2 Å². The van der Waals surface area contributed by atoms with E-state index in [0.29, 0.717) is 61.9 Å². The number of rotatable bonds is 3. The molecule has 1 fully saturated rings. The summed E-state index contributed by atoms with van der Waals surface area (Å²) < 4.78 is 11.1. The van der Waals surface area contributed by atoms with Crippen LogP contribution < -0.4 is 10.5 Å². The SMILES string of the molecule is COc1ccccc1[C@@H]1C(C#N)=C(N)N(N2CCOCC2)C2=C1C(=O)CC(C)(C)C2. The number of para-hydroxylation sites is 1. The first-order valence-electron chi connectivity index (χ1n) is 10.3. The first-order chi connectivity index (χ1) is 14.4. The molecule has 7 nitrogen and oxygen atoms in total. The molecule has 1 aromatic carbocycles. The molecule has 0 amide bonds. The number of ketones is 1. The molecule has 2 N–H and O–H groups in total. The van der Waals surface area contributed by atoms with Gasteiger partial charge in [-0.15, -0.1) is 0 Å². The van der Waals surface area contributed by atoms with Crippen LogP contribution in [-0.2, 0) is 9.53 Å². The van der Waals surface area contributed by atoms with Gasteiger partial charge >= 0.3 is 0 Å². The fourth-order valence-corrected chi connectivity index (χ4v) is 4.78. The first-order valence-corrected chi connectivity index (χ1v) is 10.3. The van der Waals surface area contributed by atoms with Crippen molar-refractivity contribution in [1.82, 2.24) is 10.0 Å². The minimum atomic E-state index is -0.526. The lowest BCUT2D eigenvalue weighted by atomic mass is 9.69. The maximum atomic E-state index is 13.5. The number of carbonyl (C=O) groups is 1. The van der Waals surface area contributed by atoms with Gasteiger partial charge in [-0.1, -0.05) is 32.0 Å². The summed E-state index contributed by atoms with van der Waals surface area (Å²) in [4.78, 5) is 13.5. The van der Waals surface area contributed by atoms with Crippen LogP contribution in [0.5, 0.6) is 5.75 Å². The van der Waals surface area contributed by atoms with Crippen LogP contribution in [0.15, 0.2) is 46.9 Å². The number of methoxy groups -OCH3 is 1. The van der Waals surface area contributed by atoms with Gasteiger partial charge in [-0.25, -0.2) is 5.01 Å². The number of hydrogen-bond acceptors (Lipinski definition) is 7. The second kappa shape index (κ2) is 7.78. The van der Waals surface area contributed by atoms with Gasteiger partial charge in [0.25, 0.3) is 0 Å². The number of benzene rings is 1. The Bertz CT molecular complexity index is 967. The van der Waals surface area contributed by atoms with E-state index in [1.54, 1.807) is 7.11 Å². The average molecular weight is 409 g/mol. The van der Waals surface area contributed by atoms with Gasteiger partial charge in [0.05, 0.1) is 37.9 Å². The molecular weight excluding hydrogens is 380 g/mol. The fraction of sp³-hybridized carbons (Fsp3) is 0.478. The maximum Gasteiger partial charge on any atom is 0.162 e. The van der Waals surface area contributed by atoms with Gasteiger partial charge in [0.1, 0.15) is 11.6 Å². The van der Waals surface area contributed by atoms with Crippen LogP contribution in [0.3, 0.4) is 0 Å². The molecule has 2 aliphatic heterocycles. The minimum Gasteiger partial charge on any atom is -0.496 e. The van der Waals surface area contributed by atoms with Gasteiger partial charge in [0.15, 0.2) is 5.78 Å². The van der Waals surface area contributed by atoms with Gasteiger partial charge in [0.2, 0.25) is 0 Å². The Kier molecular flexibility index (Phi) is 5.31. The third-order valence-corrected chi connectivity index (χ3v) is 6.07. The number of morpholine rings is 1. The average Bonchev–Trinajstić information content (AvgIpc) is 2.72. The second-order valence-corrected chi connectivity index (χ2v) is 8.76. The Hall–Kier alpha value is -2.82. The molecule has 158 valence electrons. The topological polar surface area (TPSA) is 91.8 Å². The van der Waals surface area contributed by atoms with Crippen LogP contribution >= 0.6 is 0 Å². The maximum absolute atomic E-state index is 13.5. The van der Waals surface area contributed by atoms with Gasteiger partial charge in [0, 0.05) is 36.3 Å². The molecule has 3 aliphatic rings. The number of nitrogens with two attached hydrogens (primary N) is 1. The molecule has 30 heavy (non-hydrogen) atoms. The molecule has 0 saturated carbocycles. The molecule has 0 unspecified atom stereocenters. The van der Waals surface area contributed by atoms with E-state index in [0.717, 1.165) is 11.3 Å². The van der Waals surface area contributed by atoms with E-state index in [-0.39, 0.29) is 11.2 Å². The smallest absolute Gasteiger partial charge is 0.162 e. The summed E-state index contributed by atoms with van der Waals surface area (Å²) in [5.74, 6) is 0.574. The molecule has 4 rings (SSSR count). The molecule has 1 saturated heterocycles. The van der Waals surface area contributed by atoms with Crippen LogP contribution in [0.2, 0.25) is 0 Å². The molecule has 2 heterocycles. The van der Waals surface area contributed by atoms with Crippen molar-refractivity contribution in [3.63, 3.8) is 0 Å². The molecule has 1 aromatic rings. The normalized spacial score (nSPS) is 24.5. The third kappa shape index (κ3) is 3.36. The summed E-state index contributed by atoms with van der Waals surface area (Å²) in [6, 6.07) is 9.85. The Labute approximate surface area is 177 Å². The third-order valence-electron chi connectivity index (χ3n) is 6.07. The number of Topliss-reactive ketones (excluding diaryl/α,β-unsaturated/α-hetero) is 1. The van der Waals surface area contributed by atoms with Crippen LogP contribution in [0.25, 0.3) is 0 Å². The number of hydrazine groups is 1. The van der Waals surface area contributed by atoms with Crippen molar-refractivity contribution in [1.29, 1.82) is 5.26 Å². The summed E-state index contributed by atoms with van der Waals surface area (Å²) >= 11 is 0. The van der Waals surface area contributed by atoms with Crippen molar-refractivity contribution in [2.75, 3.05) is 33.4 Å². The highest BCUT2D eigenvalue weighted by Crippen LogP contribution is 2.50. The summed E-state index contributed by atoms with van der Waals surface area (Å²) in [7, 11) is 1.60. The Balaban J connectivity index is 1.95. The van der Waals surface area contributed by atoms with E-state index >= 15 is 0 Å². The zero-order valence-electron chi connectivity index (χ0n) is 17.8. The summed E-state index contributed by atoms with van der Waals surface area (Å²) in [6.07, 6.45) is 1.14. The number of hydrogen-bond donors (Lipinski definition) is 1. The monoisotopic (exact) mass is 408 g/mol. The predicted octanol–water partition coefficient (Wildman–Crippen LogP) is 2.68. The number of nitriles is 1. The Morgan fingerprint density at radius 2 is 1.93 bits per heavy atom. The standard InChI is InChI=1S/C23H28N4O3/c1-23(2)12-17-21(18(28)13-23)20(15-6-4-5-7-19(15)29-3)16(14-24)22(25)27(17)26-8-10-30-11-9-26/h4-7,20H,8-13,25H2,1-3H3/t20-/m1/s1. The van der Waals surface area contributed by atoms with E-state index in [9.17, 15) is 10.1 Å². The van der Waals surface area contributed by atoms with E-state index < -0.39 is 5.92 Å². The van der Waals surface area contributed by atoms with Crippen LogP contribution in [0.4, 0.5) is 0 Å². The Morgan fingerprint density at radius 3 is 2.60 bits per heavy atom. The molecule has 0 spiro atoms. The highest BCUT2D eigenvalue weighted by atomic mass is 16.5. The highest BCUT2D eigenvalue weighted by molar-refractivity contribution is 6.00. The quantitative estimate of drug-likeness (QED) is 0.822. The van der Waals surface area contributed by atoms with Crippen molar-refractivity contribution in [2.45, 2.75) is 32.6 Å². The highest BCUT2D eigenvalue weighted by Gasteiger charge is 2.46. The Morgan fingerprint density at radius 1 is 1.23 bits per heavy atom. The van der Waals surface area contributed by atoms with Crippen molar-refractivity contribution in [3.8, 4) is 11.8 Å². The van der Waals surface area contributed by atoms with E-state index in [1.807, 2.05) is 29.3 Å². The van der Waals surface area contributed by atoms with Crippen LogP contribution in [0.1, 0.15) is 38.2 Å². The first kappa shape index (κ1) is 20.5.